The first kappa shape index (κ1) is 14.8. The summed E-state index contributed by atoms with van der Waals surface area (Å²) in [6, 6.07) is 18.0. The van der Waals surface area contributed by atoms with Crippen molar-refractivity contribution >= 4 is 0 Å². The number of aryl methyl sites for hydroxylation is 2. The Balaban J connectivity index is 2.05. The summed E-state index contributed by atoms with van der Waals surface area (Å²) in [5, 5.41) is 3.70. The molecule has 2 rings (SSSR count). The van der Waals surface area contributed by atoms with Crippen LogP contribution in [-0.2, 0) is 13.0 Å². The summed E-state index contributed by atoms with van der Waals surface area (Å²) in [5.41, 5.74) is 5.56. The van der Waals surface area contributed by atoms with Crippen LogP contribution in [0, 0.1) is 6.92 Å². The third-order valence-electron chi connectivity index (χ3n) is 3.93. The smallest absolute Gasteiger partial charge is 0.0320 e. The van der Waals surface area contributed by atoms with Crippen molar-refractivity contribution in [3.8, 4) is 0 Å². The number of hydrogen-bond acceptors (Lipinski definition) is 1. The van der Waals surface area contributed by atoms with Crippen molar-refractivity contribution in [1.82, 2.24) is 5.32 Å². The topological polar surface area (TPSA) is 12.0 Å². The van der Waals surface area contributed by atoms with Gasteiger partial charge in [0.05, 0.1) is 0 Å². The highest BCUT2D eigenvalue weighted by atomic mass is 14.9. The first-order valence-corrected chi connectivity index (χ1v) is 7.61. The van der Waals surface area contributed by atoms with E-state index in [-0.39, 0.29) is 0 Å². The minimum atomic E-state index is 0.431. The van der Waals surface area contributed by atoms with Crippen LogP contribution >= 0.6 is 0 Å². The van der Waals surface area contributed by atoms with Gasteiger partial charge in [0.15, 0.2) is 0 Å². The fourth-order valence-corrected chi connectivity index (χ4v) is 2.60. The van der Waals surface area contributed by atoms with Crippen LogP contribution in [0.3, 0.4) is 0 Å². The third kappa shape index (κ3) is 3.71. The van der Waals surface area contributed by atoms with Crippen LogP contribution in [0.1, 0.15) is 48.6 Å². The highest BCUT2D eigenvalue weighted by molar-refractivity contribution is 5.28. The Kier molecular flexibility index (Phi) is 5.37. The van der Waals surface area contributed by atoms with Gasteiger partial charge in [-0.2, -0.15) is 0 Å². The summed E-state index contributed by atoms with van der Waals surface area (Å²) in [6.07, 6.45) is 2.20. The number of benzene rings is 2. The van der Waals surface area contributed by atoms with E-state index in [0.29, 0.717) is 6.04 Å². The molecule has 20 heavy (non-hydrogen) atoms. The molecule has 0 fully saturated rings. The maximum Gasteiger partial charge on any atom is 0.0320 e. The Morgan fingerprint density at radius 2 is 1.55 bits per heavy atom. The first-order chi connectivity index (χ1) is 9.74. The summed E-state index contributed by atoms with van der Waals surface area (Å²) < 4.78 is 0. The summed E-state index contributed by atoms with van der Waals surface area (Å²) in [7, 11) is 0. The Labute approximate surface area is 123 Å². The number of nitrogens with one attached hydrogen (secondary N) is 1. The van der Waals surface area contributed by atoms with Gasteiger partial charge in [-0.15, -0.1) is 0 Å². The highest BCUT2D eigenvalue weighted by Crippen LogP contribution is 2.18. The van der Waals surface area contributed by atoms with E-state index in [4.69, 9.17) is 0 Å². The molecule has 0 spiro atoms. The van der Waals surface area contributed by atoms with E-state index in [1.54, 1.807) is 0 Å². The van der Waals surface area contributed by atoms with Crippen molar-refractivity contribution in [3.05, 3.63) is 70.8 Å². The summed E-state index contributed by atoms with van der Waals surface area (Å²) in [6.45, 7) is 7.53. The van der Waals surface area contributed by atoms with E-state index in [1.165, 1.54) is 22.3 Å². The van der Waals surface area contributed by atoms with E-state index in [2.05, 4.69) is 74.6 Å². The monoisotopic (exact) mass is 267 g/mol. The molecule has 0 bridgehead atoms. The van der Waals surface area contributed by atoms with Crippen LogP contribution in [0.4, 0.5) is 0 Å². The van der Waals surface area contributed by atoms with E-state index < -0.39 is 0 Å². The Morgan fingerprint density at radius 1 is 0.900 bits per heavy atom. The molecule has 1 atom stereocenters. The van der Waals surface area contributed by atoms with Crippen LogP contribution in [0.25, 0.3) is 0 Å². The van der Waals surface area contributed by atoms with Gasteiger partial charge in [0, 0.05) is 12.6 Å². The maximum absolute atomic E-state index is 3.70. The molecule has 1 nitrogen and oxygen atoms in total. The van der Waals surface area contributed by atoms with Crippen molar-refractivity contribution in [1.29, 1.82) is 0 Å². The zero-order valence-corrected chi connectivity index (χ0v) is 12.8. The lowest BCUT2D eigenvalue weighted by Crippen LogP contribution is -2.20. The second-order valence-electron chi connectivity index (χ2n) is 5.37. The van der Waals surface area contributed by atoms with Crippen molar-refractivity contribution in [3.63, 3.8) is 0 Å². The molecule has 0 radical (unpaired) electrons. The molecular weight excluding hydrogens is 242 g/mol. The van der Waals surface area contributed by atoms with E-state index in [0.717, 1.165) is 19.4 Å². The fourth-order valence-electron chi connectivity index (χ4n) is 2.60. The summed E-state index contributed by atoms with van der Waals surface area (Å²) >= 11 is 0. The van der Waals surface area contributed by atoms with Crippen molar-refractivity contribution in [2.75, 3.05) is 0 Å². The number of rotatable bonds is 6. The van der Waals surface area contributed by atoms with E-state index >= 15 is 0 Å². The normalized spacial score (nSPS) is 12.3. The zero-order chi connectivity index (χ0) is 14.4. The lowest BCUT2D eigenvalue weighted by molar-refractivity contribution is 0.517. The van der Waals surface area contributed by atoms with Gasteiger partial charge in [-0.1, -0.05) is 67.9 Å². The predicted molar refractivity (Wildman–Crippen MR) is 86.9 cm³/mol. The largest absolute Gasteiger partial charge is 0.306 e. The van der Waals surface area contributed by atoms with Crippen molar-refractivity contribution < 1.29 is 0 Å². The molecule has 1 unspecified atom stereocenters. The molecule has 0 heterocycles. The lowest BCUT2D eigenvalue weighted by atomic mass is 10.0. The molecule has 0 aliphatic carbocycles. The summed E-state index contributed by atoms with van der Waals surface area (Å²) in [4.78, 5) is 0. The van der Waals surface area contributed by atoms with E-state index in [9.17, 15) is 0 Å². The zero-order valence-electron chi connectivity index (χ0n) is 12.8. The van der Waals surface area contributed by atoms with Crippen LogP contribution in [0.15, 0.2) is 48.5 Å². The van der Waals surface area contributed by atoms with Gasteiger partial charge in [-0.25, -0.2) is 0 Å². The van der Waals surface area contributed by atoms with Gasteiger partial charge in [0.1, 0.15) is 0 Å². The molecular formula is C19H25N. The Hall–Kier alpha value is -1.60. The van der Waals surface area contributed by atoms with Crippen LogP contribution in [0.5, 0.6) is 0 Å². The average molecular weight is 267 g/mol. The molecule has 1 heteroatoms. The molecule has 0 saturated carbocycles. The fraction of sp³-hybridized carbons (Fsp3) is 0.368. The second-order valence-corrected chi connectivity index (χ2v) is 5.37. The van der Waals surface area contributed by atoms with Gasteiger partial charge in [-0.05, 0) is 36.5 Å². The van der Waals surface area contributed by atoms with Crippen LogP contribution in [-0.4, -0.2) is 0 Å². The van der Waals surface area contributed by atoms with Gasteiger partial charge in [0.2, 0.25) is 0 Å². The number of hydrogen-bond donors (Lipinski definition) is 1. The average Bonchev–Trinajstić information content (AvgIpc) is 2.50. The van der Waals surface area contributed by atoms with Gasteiger partial charge < -0.3 is 5.32 Å². The second kappa shape index (κ2) is 7.25. The third-order valence-corrected chi connectivity index (χ3v) is 3.93. The Morgan fingerprint density at radius 3 is 2.15 bits per heavy atom. The quantitative estimate of drug-likeness (QED) is 0.793. The maximum atomic E-state index is 3.70. The Bertz CT molecular complexity index is 528. The van der Waals surface area contributed by atoms with Crippen LogP contribution < -0.4 is 5.32 Å². The molecule has 106 valence electrons. The SMILES string of the molecule is CCc1ccccc1CNC(CC)c1ccc(C)cc1. The molecule has 0 aromatic heterocycles. The molecule has 0 amide bonds. The molecule has 1 N–H and O–H groups in total. The minimum Gasteiger partial charge on any atom is -0.306 e. The van der Waals surface area contributed by atoms with Crippen molar-refractivity contribution in [2.45, 2.75) is 46.2 Å². The minimum absolute atomic E-state index is 0.431. The van der Waals surface area contributed by atoms with Gasteiger partial charge >= 0.3 is 0 Å². The molecule has 0 saturated heterocycles. The molecule has 0 aliphatic heterocycles. The first-order valence-electron chi connectivity index (χ1n) is 7.61. The summed E-state index contributed by atoms with van der Waals surface area (Å²) in [5.74, 6) is 0. The predicted octanol–water partition coefficient (Wildman–Crippen LogP) is 4.80. The van der Waals surface area contributed by atoms with E-state index in [1.807, 2.05) is 0 Å². The van der Waals surface area contributed by atoms with Gasteiger partial charge in [0.25, 0.3) is 0 Å². The molecule has 2 aromatic rings. The highest BCUT2D eigenvalue weighted by Gasteiger charge is 2.09. The molecule has 2 aromatic carbocycles. The van der Waals surface area contributed by atoms with Crippen molar-refractivity contribution in [2.24, 2.45) is 0 Å². The van der Waals surface area contributed by atoms with Gasteiger partial charge in [-0.3, -0.25) is 0 Å². The standard InChI is InChI=1S/C19H25N/c1-4-16-8-6-7-9-18(16)14-20-19(5-2)17-12-10-15(3)11-13-17/h6-13,19-20H,4-5,14H2,1-3H3. The lowest BCUT2D eigenvalue weighted by Gasteiger charge is -2.19. The molecule has 0 aliphatic rings. The van der Waals surface area contributed by atoms with Crippen LogP contribution in [0.2, 0.25) is 0 Å².